The lowest BCUT2D eigenvalue weighted by Gasteiger charge is -2.14. The molecule has 0 saturated carbocycles. The van der Waals surface area contributed by atoms with E-state index in [0.717, 1.165) is 18.0 Å². The van der Waals surface area contributed by atoms with Gasteiger partial charge in [0.1, 0.15) is 12.4 Å². The third-order valence-electron chi connectivity index (χ3n) is 3.06. The zero-order chi connectivity index (χ0) is 13.0. The van der Waals surface area contributed by atoms with E-state index in [1.807, 2.05) is 24.7 Å². The number of hydrogen-bond acceptors (Lipinski definition) is 2. The number of imidazole rings is 1. The maximum Gasteiger partial charge on any atom is 0.130 e. The minimum absolute atomic E-state index is 0.470. The van der Waals surface area contributed by atoms with Crippen molar-refractivity contribution in [3.8, 4) is 5.75 Å². The van der Waals surface area contributed by atoms with Crippen molar-refractivity contribution in [2.45, 2.75) is 39.8 Å². The van der Waals surface area contributed by atoms with Gasteiger partial charge in [-0.25, -0.2) is 4.98 Å². The number of aryl methyl sites for hydroxylation is 1. The summed E-state index contributed by atoms with van der Waals surface area (Å²) in [5.74, 6) is 1.44. The van der Waals surface area contributed by atoms with E-state index in [0.29, 0.717) is 12.5 Å². The summed E-state index contributed by atoms with van der Waals surface area (Å²) in [6.45, 7) is 7.95. The number of ether oxygens (including phenoxy) is 1. The fourth-order valence-electron chi connectivity index (χ4n) is 1.99. The monoisotopic (exact) mass is 244 g/mol. The fourth-order valence-corrected chi connectivity index (χ4v) is 1.99. The Labute approximate surface area is 108 Å². The zero-order valence-electron chi connectivity index (χ0n) is 11.3. The van der Waals surface area contributed by atoms with Gasteiger partial charge in [0.25, 0.3) is 0 Å². The molecule has 0 N–H and O–H groups in total. The summed E-state index contributed by atoms with van der Waals surface area (Å²) < 4.78 is 8.02. The Morgan fingerprint density at radius 1 is 1.28 bits per heavy atom. The maximum absolute atomic E-state index is 5.92. The zero-order valence-corrected chi connectivity index (χ0v) is 11.3. The highest BCUT2D eigenvalue weighted by atomic mass is 16.5. The first-order valence-corrected chi connectivity index (χ1v) is 6.43. The molecule has 1 aromatic heterocycles. The minimum atomic E-state index is 0.470. The van der Waals surface area contributed by atoms with E-state index in [9.17, 15) is 0 Å². The maximum atomic E-state index is 5.92. The van der Waals surface area contributed by atoms with E-state index >= 15 is 0 Å². The number of para-hydroxylation sites is 1. The Bertz CT molecular complexity index is 503. The van der Waals surface area contributed by atoms with Crippen molar-refractivity contribution in [1.82, 2.24) is 9.55 Å². The summed E-state index contributed by atoms with van der Waals surface area (Å²) in [4.78, 5) is 4.15. The molecule has 0 atom stereocenters. The van der Waals surface area contributed by atoms with Gasteiger partial charge in [0, 0.05) is 6.54 Å². The van der Waals surface area contributed by atoms with E-state index in [4.69, 9.17) is 4.74 Å². The summed E-state index contributed by atoms with van der Waals surface area (Å²) in [7, 11) is 0. The lowest BCUT2D eigenvalue weighted by molar-refractivity contribution is 0.291. The summed E-state index contributed by atoms with van der Waals surface area (Å²) in [6.07, 6.45) is 3.70. The average molecular weight is 244 g/mol. The summed E-state index contributed by atoms with van der Waals surface area (Å²) >= 11 is 0. The quantitative estimate of drug-likeness (QED) is 0.803. The van der Waals surface area contributed by atoms with Crippen molar-refractivity contribution < 1.29 is 4.74 Å². The number of hydrogen-bond donors (Lipinski definition) is 0. The molecule has 0 spiro atoms. The van der Waals surface area contributed by atoms with Crippen molar-refractivity contribution >= 4 is 0 Å². The van der Waals surface area contributed by atoms with Crippen molar-refractivity contribution in [2.75, 3.05) is 0 Å². The first kappa shape index (κ1) is 12.7. The summed E-state index contributed by atoms with van der Waals surface area (Å²) in [5.41, 5.74) is 2.36. The molecule has 0 aliphatic heterocycles. The van der Waals surface area contributed by atoms with Gasteiger partial charge in [-0.2, -0.15) is 0 Å². The molecule has 3 heteroatoms. The van der Waals surface area contributed by atoms with E-state index in [2.05, 4.69) is 42.5 Å². The van der Waals surface area contributed by atoms with E-state index in [1.165, 1.54) is 5.56 Å². The van der Waals surface area contributed by atoms with Crippen molar-refractivity contribution in [3.63, 3.8) is 0 Å². The van der Waals surface area contributed by atoms with Crippen LogP contribution < -0.4 is 4.74 Å². The third kappa shape index (κ3) is 2.73. The van der Waals surface area contributed by atoms with Crippen molar-refractivity contribution in [2.24, 2.45) is 0 Å². The predicted octanol–water partition coefficient (Wildman–Crippen LogP) is 3.61. The Hall–Kier alpha value is -1.77. The molecule has 0 radical (unpaired) electrons. The highest BCUT2D eigenvalue weighted by Crippen LogP contribution is 2.26. The van der Waals surface area contributed by atoms with Crippen LogP contribution in [0, 0.1) is 0 Å². The number of nitrogens with zero attached hydrogens (tertiary/aromatic N) is 2. The van der Waals surface area contributed by atoms with Crippen LogP contribution in [0.15, 0.2) is 36.8 Å². The van der Waals surface area contributed by atoms with E-state index in [-0.39, 0.29) is 0 Å². The van der Waals surface area contributed by atoms with Gasteiger partial charge in [-0.3, -0.25) is 0 Å². The van der Waals surface area contributed by atoms with Gasteiger partial charge in [0.05, 0.1) is 18.2 Å². The predicted molar refractivity (Wildman–Crippen MR) is 72.8 cm³/mol. The molecule has 1 heterocycles. The molecule has 0 aliphatic carbocycles. The van der Waals surface area contributed by atoms with Crippen LogP contribution in [-0.4, -0.2) is 9.55 Å². The number of benzene rings is 1. The molecule has 0 fully saturated rings. The van der Waals surface area contributed by atoms with Crippen LogP contribution in [0.3, 0.4) is 0 Å². The van der Waals surface area contributed by atoms with Crippen LogP contribution >= 0.6 is 0 Å². The number of aromatic nitrogens is 2. The van der Waals surface area contributed by atoms with E-state index < -0.39 is 0 Å². The van der Waals surface area contributed by atoms with Crippen LogP contribution in [0.5, 0.6) is 5.75 Å². The van der Waals surface area contributed by atoms with Gasteiger partial charge < -0.3 is 9.30 Å². The molecule has 2 rings (SSSR count). The van der Waals surface area contributed by atoms with Gasteiger partial charge in [0.15, 0.2) is 0 Å². The lowest BCUT2D eigenvalue weighted by Crippen LogP contribution is -2.05. The van der Waals surface area contributed by atoms with Crippen LogP contribution in [0.1, 0.15) is 37.9 Å². The molecule has 0 aliphatic rings. The minimum Gasteiger partial charge on any atom is -0.487 e. The van der Waals surface area contributed by atoms with Crippen LogP contribution in [-0.2, 0) is 13.2 Å². The third-order valence-corrected chi connectivity index (χ3v) is 3.06. The smallest absolute Gasteiger partial charge is 0.130 e. The molecule has 0 amide bonds. The van der Waals surface area contributed by atoms with E-state index in [1.54, 1.807) is 0 Å². The average Bonchev–Trinajstić information content (AvgIpc) is 2.84. The molecule has 0 unspecified atom stereocenters. The molecule has 2 aromatic rings. The second-order valence-electron chi connectivity index (χ2n) is 4.65. The topological polar surface area (TPSA) is 27.1 Å². The van der Waals surface area contributed by atoms with Crippen molar-refractivity contribution in [3.05, 3.63) is 48.0 Å². The SMILES string of the molecule is CCn1cncc1COc1ccccc1C(C)C. The largest absolute Gasteiger partial charge is 0.487 e. The Balaban J connectivity index is 2.11. The van der Waals surface area contributed by atoms with Gasteiger partial charge in [-0.15, -0.1) is 0 Å². The normalized spacial score (nSPS) is 10.9. The second-order valence-corrected chi connectivity index (χ2v) is 4.65. The molecule has 3 nitrogen and oxygen atoms in total. The first-order chi connectivity index (χ1) is 8.72. The highest BCUT2D eigenvalue weighted by Gasteiger charge is 2.08. The van der Waals surface area contributed by atoms with Crippen LogP contribution in [0.25, 0.3) is 0 Å². The van der Waals surface area contributed by atoms with Crippen LogP contribution in [0.2, 0.25) is 0 Å². The van der Waals surface area contributed by atoms with Crippen LogP contribution in [0.4, 0.5) is 0 Å². The summed E-state index contributed by atoms with van der Waals surface area (Å²) in [6, 6.07) is 8.22. The fraction of sp³-hybridized carbons (Fsp3) is 0.400. The van der Waals surface area contributed by atoms with Gasteiger partial charge in [-0.05, 0) is 24.5 Å². The highest BCUT2D eigenvalue weighted by molar-refractivity contribution is 5.35. The Morgan fingerprint density at radius 2 is 2.06 bits per heavy atom. The molecule has 96 valence electrons. The summed E-state index contributed by atoms with van der Waals surface area (Å²) in [5, 5.41) is 0. The molecule has 1 aromatic carbocycles. The first-order valence-electron chi connectivity index (χ1n) is 6.43. The molecule has 0 saturated heterocycles. The molecule has 0 bridgehead atoms. The Morgan fingerprint density at radius 3 is 2.78 bits per heavy atom. The molecule has 18 heavy (non-hydrogen) atoms. The second kappa shape index (κ2) is 5.71. The van der Waals surface area contributed by atoms with Gasteiger partial charge in [0.2, 0.25) is 0 Å². The molecular formula is C15H20N2O. The molecular weight excluding hydrogens is 224 g/mol. The van der Waals surface area contributed by atoms with Gasteiger partial charge >= 0.3 is 0 Å². The standard InChI is InChI=1S/C15H20N2O/c1-4-17-11-16-9-13(17)10-18-15-8-6-5-7-14(15)12(2)3/h5-9,11-12H,4,10H2,1-3H3. The Kier molecular flexibility index (Phi) is 4.03. The van der Waals surface area contributed by atoms with Gasteiger partial charge in [-0.1, -0.05) is 32.0 Å². The van der Waals surface area contributed by atoms with Crippen molar-refractivity contribution in [1.29, 1.82) is 0 Å². The lowest BCUT2D eigenvalue weighted by atomic mass is 10.0. The number of rotatable bonds is 5.